The van der Waals surface area contributed by atoms with Crippen LogP contribution < -0.4 is 11.1 Å². The van der Waals surface area contributed by atoms with Gasteiger partial charge in [0.2, 0.25) is 0 Å². The maximum Gasteiger partial charge on any atom is 0.404 e. The van der Waals surface area contributed by atoms with Crippen LogP contribution in [0.15, 0.2) is 79.1 Å². The van der Waals surface area contributed by atoms with E-state index in [1.807, 2.05) is 48.7 Å². The predicted molar refractivity (Wildman–Crippen MR) is 135 cm³/mol. The van der Waals surface area contributed by atoms with Gasteiger partial charge in [-0.15, -0.1) is 0 Å². The Morgan fingerprint density at radius 3 is 2.24 bits per heavy atom. The summed E-state index contributed by atoms with van der Waals surface area (Å²) >= 11 is 0. The van der Waals surface area contributed by atoms with Gasteiger partial charge < -0.3 is 20.9 Å². The number of carbonyl (C=O) groups excluding carboxylic acids is 1. The van der Waals surface area contributed by atoms with E-state index in [2.05, 4.69) is 55.3 Å². The number of aliphatic hydroxyl groups excluding tert-OH is 1. The molecule has 1 amide bonds. The topological polar surface area (TPSA) is 97.5 Å². The first-order valence-electron chi connectivity index (χ1n) is 11.6. The van der Waals surface area contributed by atoms with Crippen molar-refractivity contribution < 1.29 is 14.6 Å². The fourth-order valence-electron chi connectivity index (χ4n) is 4.15. The van der Waals surface area contributed by atoms with Crippen molar-refractivity contribution in [3.05, 3.63) is 90.3 Å². The zero-order valence-corrected chi connectivity index (χ0v) is 20.1. The molecule has 3 aromatic rings. The number of hydrogen-bond acceptors (Lipinski definition) is 5. The zero-order valence-electron chi connectivity index (χ0n) is 20.1. The summed E-state index contributed by atoms with van der Waals surface area (Å²) in [7, 11) is 0. The van der Waals surface area contributed by atoms with E-state index in [1.54, 1.807) is 6.20 Å². The molecule has 6 nitrogen and oxygen atoms in total. The molecular weight excluding hydrogens is 426 g/mol. The predicted octanol–water partition coefficient (Wildman–Crippen LogP) is 4.51. The molecule has 3 atom stereocenters. The average molecular weight is 462 g/mol. The number of benzene rings is 2. The minimum Gasteiger partial charge on any atom is -0.443 e. The number of amides is 1. The molecule has 0 aliphatic rings. The Balaban J connectivity index is 1.73. The van der Waals surface area contributed by atoms with Gasteiger partial charge in [0.15, 0.2) is 0 Å². The van der Waals surface area contributed by atoms with E-state index >= 15 is 0 Å². The van der Waals surface area contributed by atoms with Crippen LogP contribution in [0.5, 0.6) is 0 Å². The summed E-state index contributed by atoms with van der Waals surface area (Å²) in [6, 6.07) is 22.0. The molecule has 1 heterocycles. The van der Waals surface area contributed by atoms with Gasteiger partial charge in [0, 0.05) is 30.4 Å². The fourth-order valence-corrected chi connectivity index (χ4v) is 4.15. The number of hydrogen-bond donors (Lipinski definition) is 3. The Kier molecular flexibility index (Phi) is 8.79. The number of ether oxygens (including phenoxy) is 1. The van der Waals surface area contributed by atoms with Crippen molar-refractivity contribution in [3.63, 3.8) is 0 Å². The van der Waals surface area contributed by atoms with E-state index in [9.17, 15) is 9.90 Å². The minimum absolute atomic E-state index is 0.0333. The average Bonchev–Trinajstić information content (AvgIpc) is 2.79. The van der Waals surface area contributed by atoms with Crippen LogP contribution in [0.25, 0.3) is 11.1 Å². The Labute approximate surface area is 202 Å². The van der Waals surface area contributed by atoms with Gasteiger partial charge in [-0.25, -0.2) is 4.79 Å². The van der Waals surface area contributed by atoms with Crippen molar-refractivity contribution in [1.29, 1.82) is 0 Å². The number of nitrogens with zero attached hydrogens (tertiary/aromatic N) is 1. The molecule has 0 unspecified atom stereocenters. The Morgan fingerprint density at radius 2 is 1.65 bits per heavy atom. The molecule has 0 saturated carbocycles. The smallest absolute Gasteiger partial charge is 0.404 e. The summed E-state index contributed by atoms with van der Waals surface area (Å²) in [6.45, 7) is 6.29. The molecule has 1 aromatic heterocycles. The highest BCUT2D eigenvalue weighted by Crippen LogP contribution is 2.21. The summed E-state index contributed by atoms with van der Waals surface area (Å²) in [4.78, 5) is 15.7. The van der Waals surface area contributed by atoms with Crippen LogP contribution in [0.3, 0.4) is 0 Å². The normalized spacial score (nSPS) is 14.2. The third-order valence-electron chi connectivity index (χ3n) is 5.57. The zero-order chi connectivity index (χ0) is 24.6. The molecule has 180 valence electrons. The molecule has 34 heavy (non-hydrogen) atoms. The Hall–Kier alpha value is -3.22. The number of nitrogens with one attached hydrogen (secondary N) is 1. The second-order valence-corrected chi connectivity index (χ2v) is 9.70. The maximum absolute atomic E-state index is 11.5. The van der Waals surface area contributed by atoms with Gasteiger partial charge in [-0.2, -0.15) is 0 Å². The first-order chi connectivity index (χ1) is 16.2. The summed E-state index contributed by atoms with van der Waals surface area (Å²) in [5.41, 5.74) is 9.46. The molecular formula is C28H35N3O3. The van der Waals surface area contributed by atoms with E-state index in [1.165, 1.54) is 0 Å². The highest BCUT2D eigenvalue weighted by atomic mass is 16.6. The molecule has 0 fully saturated rings. The molecule has 0 radical (unpaired) electrons. The van der Waals surface area contributed by atoms with Crippen LogP contribution >= 0.6 is 0 Å². The monoisotopic (exact) mass is 461 g/mol. The molecule has 0 saturated heterocycles. The Bertz CT molecular complexity index is 1020. The minimum atomic E-state index is -0.883. The number of rotatable bonds is 10. The first-order valence-corrected chi connectivity index (χ1v) is 11.6. The lowest BCUT2D eigenvalue weighted by molar-refractivity contribution is -0.00340. The van der Waals surface area contributed by atoms with Crippen molar-refractivity contribution in [2.45, 2.75) is 63.8 Å². The summed E-state index contributed by atoms with van der Waals surface area (Å²) < 4.78 is 5.32. The van der Waals surface area contributed by atoms with E-state index in [-0.39, 0.29) is 11.6 Å². The van der Waals surface area contributed by atoms with E-state index in [0.717, 1.165) is 28.7 Å². The van der Waals surface area contributed by atoms with Crippen LogP contribution in [-0.4, -0.2) is 40.0 Å². The SMILES string of the molecule is CC(C)(C)N[C@@H](Cc1ccc(-c2cccnc2)cc1)C[C@H](O)[C@H](Cc1ccccc1)OC(N)=O. The van der Waals surface area contributed by atoms with Gasteiger partial charge >= 0.3 is 6.09 Å². The van der Waals surface area contributed by atoms with Crippen molar-refractivity contribution in [2.75, 3.05) is 0 Å². The molecule has 0 aliphatic carbocycles. The molecule has 0 aliphatic heterocycles. The largest absolute Gasteiger partial charge is 0.443 e. The van der Waals surface area contributed by atoms with Crippen LogP contribution in [-0.2, 0) is 17.6 Å². The van der Waals surface area contributed by atoms with E-state index < -0.39 is 18.3 Å². The van der Waals surface area contributed by atoms with Gasteiger partial charge in [-0.3, -0.25) is 4.98 Å². The number of pyridine rings is 1. The molecule has 3 rings (SSSR count). The molecule has 4 N–H and O–H groups in total. The molecule has 0 bridgehead atoms. The summed E-state index contributed by atoms with van der Waals surface area (Å²) in [5.74, 6) is 0. The third-order valence-corrected chi connectivity index (χ3v) is 5.57. The van der Waals surface area contributed by atoms with Crippen LogP contribution in [0.4, 0.5) is 4.79 Å². The van der Waals surface area contributed by atoms with Gasteiger partial charge in [0.05, 0.1) is 6.10 Å². The Morgan fingerprint density at radius 1 is 0.971 bits per heavy atom. The lowest BCUT2D eigenvalue weighted by Crippen LogP contribution is -2.48. The van der Waals surface area contributed by atoms with Gasteiger partial charge in [0.25, 0.3) is 0 Å². The van der Waals surface area contributed by atoms with Crippen molar-refractivity contribution in [3.8, 4) is 11.1 Å². The number of primary amides is 1. The highest BCUT2D eigenvalue weighted by molar-refractivity contribution is 5.65. The highest BCUT2D eigenvalue weighted by Gasteiger charge is 2.28. The number of carbonyl (C=O) groups is 1. The lowest BCUT2D eigenvalue weighted by Gasteiger charge is -2.32. The van der Waals surface area contributed by atoms with Crippen LogP contribution in [0.1, 0.15) is 38.3 Å². The van der Waals surface area contributed by atoms with Crippen LogP contribution in [0.2, 0.25) is 0 Å². The lowest BCUT2D eigenvalue weighted by atomic mass is 9.93. The van der Waals surface area contributed by atoms with E-state index in [4.69, 9.17) is 10.5 Å². The number of aromatic nitrogens is 1. The van der Waals surface area contributed by atoms with Crippen molar-refractivity contribution in [2.24, 2.45) is 5.73 Å². The molecule has 6 heteroatoms. The fraction of sp³-hybridized carbons (Fsp3) is 0.357. The molecule has 0 spiro atoms. The van der Waals surface area contributed by atoms with Crippen molar-refractivity contribution >= 4 is 6.09 Å². The second-order valence-electron chi connectivity index (χ2n) is 9.70. The quantitative estimate of drug-likeness (QED) is 0.413. The number of nitrogens with two attached hydrogens (primary N) is 1. The number of aliphatic hydroxyl groups is 1. The van der Waals surface area contributed by atoms with Crippen molar-refractivity contribution in [1.82, 2.24) is 10.3 Å². The second kappa shape index (κ2) is 11.8. The van der Waals surface area contributed by atoms with Gasteiger partial charge in [-0.1, -0.05) is 60.7 Å². The van der Waals surface area contributed by atoms with E-state index in [0.29, 0.717) is 12.8 Å². The van der Waals surface area contributed by atoms with Crippen LogP contribution in [0, 0.1) is 0 Å². The van der Waals surface area contributed by atoms with Gasteiger partial charge in [-0.05, 0) is 61.9 Å². The molecule has 2 aromatic carbocycles. The summed E-state index contributed by atoms with van der Waals surface area (Å²) in [6.07, 6.45) is 2.65. The third kappa shape index (κ3) is 8.28. The maximum atomic E-state index is 11.5. The standard InChI is InChI=1S/C28H35N3O3/c1-28(2,3)31-24(16-21-11-13-22(14-12-21)23-10-7-15-30-19-23)18-25(32)26(34-27(29)33)17-20-8-5-4-6-9-20/h4-15,19,24-26,31-32H,16-18H2,1-3H3,(H2,29,33)/t24-,25-,26-/m0/s1. The summed E-state index contributed by atoms with van der Waals surface area (Å²) in [5, 5.41) is 14.7. The van der Waals surface area contributed by atoms with Gasteiger partial charge in [0.1, 0.15) is 6.10 Å². The first kappa shape index (κ1) is 25.4.